The standard InChI is InChI=1S/C14H25NO/c1-12(2)8-9-13(16)14(3,4)15-10-6-5-7-11-15/h1,5-11H2,2-4H3. The molecule has 0 atom stereocenters. The van der Waals surface area contributed by atoms with Crippen molar-refractivity contribution in [1.29, 1.82) is 0 Å². The Morgan fingerprint density at radius 1 is 1.19 bits per heavy atom. The van der Waals surface area contributed by atoms with E-state index in [4.69, 9.17) is 0 Å². The van der Waals surface area contributed by atoms with Crippen LogP contribution in [0.1, 0.15) is 52.9 Å². The van der Waals surface area contributed by atoms with E-state index in [1.54, 1.807) is 0 Å². The van der Waals surface area contributed by atoms with Gasteiger partial charge in [-0.15, -0.1) is 6.58 Å². The van der Waals surface area contributed by atoms with Gasteiger partial charge in [-0.3, -0.25) is 9.69 Å². The van der Waals surface area contributed by atoms with Crippen LogP contribution < -0.4 is 0 Å². The lowest BCUT2D eigenvalue weighted by atomic mass is 9.90. The molecule has 1 heterocycles. The van der Waals surface area contributed by atoms with Gasteiger partial charge in [-0.1, -0.05) is 12.0 Å². The van der Waals surface area contributed by atoms with Gasteiger partial charge in [0.05, 0.1) is 5.54 Å². The lowest BCUT2D eigenvalue weighted by Gasteiger charge is -2.39. The fourth-order valence-corrected chi connectivity index (χ4v) is 2.26. The number of rotatable bonds is 5. The Morgan fingerprint density at radius 2 is 1.75 bits per heavy atom. The number of nitrogens with zero attached hydrogens (tertiary/aromatic N) is 1. The largest absolute Gasteiger partial charge is 0.298 e. The first-order chi connectivity index (χ1) is 7.44. The number of Topliss-reactive ketones (excluding diaryl/α,β-unsaturated/α-hetero) is 1. The summed E-state index contributed by atoms with van der Waals surface area (Å²) in [5, 5.41) is 0. The molecule has 16 heavy (non-hydrogen) atoms. The van der Waals surface area contributed by atoms with Crippen LogP contribution >= 0.6 is 0 Å². The summed E-state index contributed by atoms with van der Waals surface area (Å²) in [4.78, 5) is 14.5. The van der Waals surface area contributed by atoms with Gasteiger partial charge in [0, 0.05) is 6.42 Å². The van der Waals surface area contributed by atoms with E-state index in [0.717, 1.165) is 25.1 Å². The van der Waals surface area contributed by atoms with E-state index < -0.39 is 0 Å². The average Bonchev–Trinajstić information content (AvgIpc) is 2.27. The minimum Gasteiger partial charge on any atom is -0.298 e. The average molecular weight is 223 g/mol. The summed E-state index contributed by atoms with van der Waals surface area (Å²) >= 11 is 0. The highest BCUT2D eigenvalue weighted by atomic mass is 16.1. The number of carbonyl (C=O) groups excluding carboxylic acids is 1. The van der Waals surface area contributed by atoms with Gasteiger partial charge in [0.25, 0.3) is 0 Å². The van der Waals surface area contributed by atoms with E-state index in [-0.39, 0.29) is 5.54 Å². The molecule has 0 aliphatic carbocycles. The zero-order valence-electron chi connectivity index (χ0n) is 11.0. The predicted octanol–water partition coefficient (Wildman–Crippen LogP) is 3.18. The summed E-state index contributed by atoms with van der Waals surface area (Å²) in [6.07, 6.45) is 5.25. The van der Waals surface area contributed by atoms with Crippen LogP contribution in [0.4, 0.5) is 0 Å². The van der Waals surface area contributed by atoms with Crippen molar-refractivity contribution in [2.24, 2.45) is 0 Å². The number of hydrogen-bond donors (Lipinski definition) is 0. The minimum absolute atomic E-state index is 0.282. The maximum absolute atomic E-state index is 12.2. The van der Waals surface area contributed by atoms with E-state index in [0.29, 0.717) is 12.2 Å². The maximum atomic E-state index is 12.2. The van der Waals surface area contributed by atoms with Crippen LogP contribution in [-0.2, 0) is 4.79 Å². The molecule has 0 aromatic heterocycles. The van der Waals surface area contributed by atoms with E-state index in [2.05, 4.69) is 25.3 Å². The highest BCUT2D eigenvalue weighted by Gasteiger charge is 2.34. The molecule has 0 aromatic rings. The molecule has 92 valence electrons. The van der Waals surface area contributed by atoms with Crippen LogP contribution in [0.2, 0.25) is 0 Å². The highest BCUT2D eigenvalue weighted by Crippen LogP contribution is 2.23. The SMILES string of the molecule is C=C(C)CCC(=O)C(C)(C)N1CCCCC1. The second kappa shape index (κ2) is 5.62. The second-order valence-corrected chi connectivity index (χ2v) is 5.49. The van der Waals surface area contributed by atoms with E-state index in [1.807, 2.05) is 6.92 Å². The molecule has 2 nitrogen and oxygen atoms in total. The van der Waals surface area contributed by atoms with Gasteiger partial charge < -0.3 is 0 Å². The van der Waals surface area contributed by atoms with Gasteiger partial charge in [-0.25, -0.2) is 0 Å². The van der Waals surface area contributed by atoms with Crippen molar-refractivity contribution in [2.75, 3.05) is 13.1 Å². The third-order valence-electron chi connectivity index (χ3n) is 3.61. The first kappa shape index (κ1) is 13.4. The normalized spacial score (nSPS) is 18.4. The molecule has 1 aliphatic rings. The Morgan fingerprint density at radius 3 is 2.25 bits per heavy atom. The molecule has 0 N–H and O–H groups in total. The molecule has 0 aromatic carbocycles. The lowest BCUT2D eigenvalue weighted by molar-refractivity contribution is -0.130. The quantitative estimate of drug-likeness (QED) is 0.667. The van der Waals surface area contributed by atoms with Crippen molar-refractivity contribution in [2.45, 2.75) is 58.4 Å². The lowest BCUT2D eigenvalue weighted by Crippen LogP contribution is -2.52. The van der Waals surface area contributed by atoms with Crippen LogP contribution in [-0.4, -0.2) is 29.3 Å². The Hall–Kier alpha value is -0.630. The Labute approximate surface area is 99.7 Å². The van der Waals surface area contributed by atoms with Gasteiger partial charge in [0.2, 0.25) is 0 Å². The van der Waals surface area contributed by atoms with Crippen LogP contribution in [0, 0.1) is 0 Å². The molecule has 0 amide bonds. The first-order valence-corrected chi connectivity index (χ1v) is 6.37. The van der Waals surface area contributed by atoms with Crippen molar-refractivity contribution in [3.05, 3.63) is 12.2 Å². The summed E-state index contributed by atoms with van der Waals surface area (Å²) in [5.74, 6) is 0.359. The fraction of sp³-hybridized carbons (Fsp3) is 0.786. The number of carbonyl (C=O) groups is 1. The number of likely N-dealkylation sites (tertiary alicyclic amines) is 1. The second-order valence-electron chi connectivity index (χ2n) is 5.49. The van der Waals surface area contributed by atoms with E-state index in [1.165, 1.54) is 19.3 Å². The van der Waals surface area contributed by atoms with Crippen molar-refractivity contribution >= 4 is 5.78 Å². The van der Waals surface area contributed by atoms with Crippen LogP contribution in [0.25, 0.3) is 0 Å². The van der Waals surface area contributed by atoms with Gasteiger partial charge >= 0.3 is 0 Å². The molecule has 2 heteroatoms. The molecule has 1 saturated heterocycles. The smallest absolute Gasteiger partial charge is 0.152 e. The molecule has 0 unspecified atom stereocenters. The molecule has 1 rings (SSSR count). The molecular formula is C14H25NO. The topological polar surface area (TPSA) is 20.3 Å². The minimum atomic E-state index is -0.282. The summed E-state index contributed by atoms with van der Waals surface area (Å²) < 4.78 is 0. The van der Waals surface area contributed by atoms with Gasteiger partial charge in [-0.2, -0.15) is 0 Å². The summed E-state index contributed by atoms with van der Waals surface area (Å²) in [6, 6.07) is 0. The first-order valence-electron chi connectivity index (χ1n) is 6.37. The van der Waals surface area contributed by atoms with Crippen molar-refractivity contribution in [3.63, 3.8) is 0 Å². The van der Waals surface area contributed by atoms with Crippen LogP contribution in [0.3, 0.4) is 0 Å². The van der Waals surface area contributed by atoms with Crippen LogP contribution in [0.15, 0.2) is 12.2 Å². The molecule has 0 saturated carbocycles. The van der Waals surface area contributed by atoms with Crippen LogP contribution in [0.5, 0.6) is 0 Å². The molecule has 1 aliphatic heterocycles. The Kier molecular flexibility index (Phi) is 4.72. The van der Waals surface area contributed by atoms with E-state index >= 15 is 0 Å². The van der Waals surface area contributed by atoms with Gasteiger partial charge in [-0.05, 0) is 53.1 Å². The van der Waals surface area contributed by atoms with Gasteiger partial charge in [0.1, 0.15) is 0 Å². The third-order valence-corrected chi connectivity index (χ3v) is 3.61. The zero-order chi connectivity index (χ0) is 12.2. The number of piperidine rings is 1. The van der Waals surface area contributed by atoms with Gasteiger partial charge in [0.15, 0.2) is 5.78 Å². The number of hydrogen-bond acceptors (Lipinski definition) is 2. The number of ketones is 1. The molecular weight excluding hydrogens is 198 g/mol. The van der Waals surface area contributed by atoms with E-state index in [9.17, 15) is 4.79 Å². The Balaban J connectivity index is 2.53. The monoisotopic (exact) mass is 223 g/mol. The molecule has 1 fully saturated rings. The molecule has 0 radical (unpaired) electrons. The fourth-order valence-electron chi connectivity index (χ4n) is 2.26. The highest BCUT2D eigenvalue weighted by molar-refractivity contribution is 5.87. The van der Waals surface area contributed by atoms with Crippen molar-refractivity contribution in [3.8, 4) is 0 Å². The Bertz CT molecular complexity index is 262. The zero-order valence-corrected chi connectivity index (χ0v) is 11.0. The van der Waals surface area contributed by atoms with Crippen molar-refractivity contribution in [1.82, 2.24) is 4.90 Å². The molecule has 0 bridgehead atoms. The summed E-state index contributed by atoms with van der Waals surface area (Å²) in [7, 11) is 0. The summed E-state index contributed by atoms with van der Waals surface area (Å²) in [6.45, 7) is 12.1. The number of allylic oxidation sites excluding steroid dienone is 1. The summed E-state index contributed by atoms with van der Waals surface area (Å²) in [5.41, 5.74) is 0.818. The molecule has 0 spiro atoms. The van der Waals surface area contributed by atoms with Crippen molar-refractivity contribution < 1.29 is 4.79 Å². The predicted molar refractivity (Wildman–Crippen MR) is 68.6 cm³/mol. The maximum Gasteiger partial charge on any atom is 0.152 e. The third kappa shape index (κ3) is 3.44.